The van der Waals surface area contributed by atoms with E-state index in [0.29, 0.717) is 17.4 Å². The summed E-state index contributed by atoms with van der Waals surface area (Å²) in [6.07, 6.45) is 16.9. The van der Waals surface area contributed by atoms with Crippen LogP contribution in [0.15, 0.2) is 66.8 Å². The molecule has 1 atom stereocenters. The van der Waals surface area contributed by atoms with Crippen molar-refractivity contribution in [2.24, 2.45) is 11.8 Å². The van der Waals surface area contributed by atoms with Crippen LogP contribution in [0.5, 0.6) is 0 Å². The van der Waals surface area contributed by atoms with E-state index in [2.05, 4.69) is 48.1 Å². The minimum Gasteiger partial charge on any atom is -0.465 e. The van der Waals surface area contributed by atoms with Crippen molar-refractivity contribution < 1.29 is 9.53 Å². The number of carbonyl (C=O) groups is 1. The summed E-state index contributed by atoms with van der Waals surface area (Å²) in [6, 6.07) is 7.42. The molecule has 21 heavy (non-hydrogen) atoms. The van der Waals surface area contributed by atoms with Crippen LogP contribution in [0, 0.1) is 11.8 Å². The number of allylic oxidation sites excluding steroid dienone is 7. The molecule has 2 rings (SSSR count). The lowest BCUT2D eigenvalue weighted by Gasteiger charge is -2.12. The Morgan fingerprint density at radius 3 is 2.29 bits per heavy atom. The third kappa shape index (κ3) is 4.32. The third-order valence-electron chi connectivity index (χ3n) is 3.53. The van der Waals surface area contributed by atoms with Gasteiger partial charge in [0.05, 0.1) is 12.7 Å². The summed E-state index contributed by atoms with van der Waals surface area (Å²) in [4.78, 5) is 11.4. The van der Waals surface area contributed by atoms with E-state index in [0.717, 1.165) is 5.56 Å². The lowest BCUT2D eigenvalue weighted by Crippen LogP contribution is -2.03. The van der Waals surface area contributed by atoms with Gasteiger partial charge in [-0.15, -0.1) is 0 Å². The van der Waals surface area contributed by atoms with E-state index in [1.54, 1.807) is 12.1 Å². The molecule has 0 amide bonds. The maximum Gasteiger partial charge on any atom is 0.337 e. The number of hydrogen-bond acceptors (Lipinski definition) is 2. The van der Waals surface area contributed by atoms with Crippen LogP contribution in [0.25, 0.3) is 6.08 Å². The van der Waals surface area contributed by atoms with Crippen LogP contribution < -0.4 is 0 Å². The standard InChI is InChI=1S/C19H20O2/c1-15(17-7-5-3-4-6-8-17)9-10-16-11-13-18(14-12-16)19(20)21-2/h3-15,17H,1-2H3/b10-9+. The zero-order chi connectivity index (χ0) is 15.1. The summed E-state index contributed by atoms with van der Waals surface area (Å²) in [5, 5.41) is 0. The van der Waals surface area contributed by atoms with Gasteiger partial charge in [0.2, 0.25) is 0 Å². The highest BCUT2D eigenvalue weighted by molar-refractivity contribution is 5.89. The Morgan fingerprint density at radius 1 is 1.10 bits per heavy atom. The molecule has 0 bridgehead atoms. The molecule has 1 aliphatic rings. The van der Waals surface area contributed by atoms with Gasteiger partial charge in [0, 0.05) is 5.92 Å². The fourth-order valence-corrected chi connectivity index (χ4v) is 2.17. The Balaban J connectivity index is 2.02. The summed E-state index contributed by atoms with van der Waals surface area (Å²) in [6.45, 7) is 2.20. The fraction of sp³-hybridized carbons (Fsp3) is 0.211. The first kappa shape index (κ1) is 15.0. The van der Waals surface area contributed by atoms with Gasteiger partial charge in [0.15, 0.2) is 0 Å². The summed E-state index contributed by atoms with van der Waals surface area (Å²) in [5.74, 6) is 0.517. The van der Waals surface area contributed by atoms with Gasteiger partial charge in [0.25, 0.3) is 0 Å². The molecule has 0 spiro atoms. The molecule has 0 aromatic heterocycles. The molecule has 2 nitrogen and oxygen atoms in total. The van der Waals surface area contributed by atoms with E-state index in [9.17, 15) is 4.79 Å². The van der Waals surface area contributed by atoms with Gasteiger partial charge in [-0.3, -0.25) is 0 Å². The molecule has 108 valence electrons. The molecule has 1 aromatic rings. The second-order valence-corrected chi connectivity index (χ2v) is 5.06. The predicted octanol–water partition coefficient (Wildman–Crippen LogP) is 4.42. The maximum atomic E-state index is 11.4. The van der Waals surface area contributed by atoms with Crippen molar-refractivity contribution >= 4 is 12.0 Å². The van der Waals surface area contributed by atoms with Crippen molar-refractivity contribution in [3.63, 3.8) is 0 Å². The minimum atomic E-state index is -0.305. The van der Waals surface area contributed by atoms with Gasteiger partial charge < -0.3 is 4.74 Å². The second kappa shape index (κ2) is 7.44. The average molecular weight is 280 g/mol. The summed E-state index contributed by atoms with van der Waals surface area (Å²) < 4.78 is 4.69. The number of esters is 1. The molecule has 2 heteroatoms. The van der Waals surface area contributed by atoms with E-state index in [1.165, 1.54) is 7.11 Å². The quantitative estimate of drug-likeness (QED) is 0.763. The molecule has 1 aromatic carbocycles. The smallest absolute Gasteiger partial charge is 0.337 e. The van der Waals surface area contributed by atoms with Gasteiger partial charge in [-0.1, -0.05) is 67.7 Å². The average Bonchev–Trinajstić information content (AvgIpc) is 2.81. The molecular formula is C19H20O2. The zero-order valence-corrected chi connectivity index (χ0v) is 12.4. The van der Waals surface area contributed by atoms with E-state index in [-0.39, 0.29) is 5.97 Å². The lowest BCUT2D eigenvalue weighted by atomic mass is 9.92. The Hall–Kier alpha value is -2.35. The Labute approximate surface area is 126 Å². The molecule has 0 aliphatic heterocycles. The minimum absolute atomic E-state index is 0.305. The molecule has 1 unspecified atom stereocenters. The first-order chi connectivity index (χ1) is 10.2. The van der Waals surface area contributed by atoms with Crippen molar-refractivity contribution in [2.45, 2.75) is 6.92 Å². The third-order valence-corrected chi connectivity index (χ3v) is 3.53. The number of methoxy groups -OCH3 is 1. The zero-order valence-electron chi connectivity index (χ0n) is 12.4. The molecule has 1 aliphatic carbocycles. The predicted molar refractivity (Wildman–Crippen MR) is 86.9 cm³/mol. The molecule has 0 fully saturated rings. The SMILES string of the molecule is COC(=O)c1ccc(/C=C/C(C)C2C=CC=CC=C2)cc1. The van der Waals surface area contributed by atoms with Gasteiger partial charge >= 0.3 is 5.97 Å². The van der Waals surface area contributed by atoms with Crippen LogP contribution in [-0.2, 0) is 4.74 Å². The van der Waals surface area contributed by atoms with Crippen LogP contribution in [-0.4, -0.2) is 13.1 Å². The van der Waals surface area contributed by atoms with Crippen LogP contribution >= 0.6 is 0 Å². The first-order valence-electron chi connectivity index (χ1n) is 7.09. The van der Waals surface area contributed by atoms with Crippen molar-refractivity contribution in [1.82, 2.24) is 0 Å². The van der Waals surface area contributed by atoms with E-state index in [4.69, 9.17) is 0 Å². The number of hydrogen-bond donors (Lipinski definition) is 0. The monoisotopic (exact) mass is 280 g/mol. The van der Waals surface area contributed by atoms with E-state index in [1.807, 2.05) is 24.3 Å². The molecule has 0 heterocycles. The topological polar surface area (TPSA) is 26.3 Å². The summed E-state index contributed by atoms with van der Waals surface area (Å²) in [7, 11) is 1.39. The lowest BCUT2D eigenvalue weighted by molar-refractivity contribution is 0.0601. The largest absolute Gasteiger partial charge is 0.465 e. The maximum absolute atomic E-state index is 11.4. The van der Waals surface area contributed by atoms with Crippen molar-refractivity contribution in [3.8, 4) is 0 Å². The Bertz CT molecular complexity index is 572. The number of benzene rings is 1. The molecule has 0 N–H and O–H groups in total. The Morgan fingerprint density at radius 2 is 1.71 bits per heavy atom. The van der Waals surface area contributed by atoms with Crippen LogP contribution in [0.1, 0.15) is 22.8 Å². The van der Waals surface area contributed by atoms with Gasteiger partial charge in [-0.05, 0) is 23.6 Å². The summed E-state index contributed by atoms with van der Waals surface area (Å²) in [5.41, 5.74) is 1.65. The number of ether oxygens (including phenoxy) is 1. The fourth-order valence-electron chi connectivity index (χ4n) is 2.17. The summed E-state index contributed by atoms with van der Waals surface area (Å²) >= 11 is 0. The first-order valence-corrected chi connectivity index (χ1v) is 7.09. The second-order valence-electron chi connectivity index (χ2n) is 5.06. The Kier molecular flexibility index (Phi) is 5.33. The van der Waals surface area contributed by atoms with Crippen molar-refractivity contribution in [1.29, 1.82) is 0 Å². The number of rotatable bonds is 4. The molecular weight excluding hydrogens is 260 g/mol. The normalized spacial score (nSPS) is 16.1. The number of carbonyl (C=O) groups excluding carboxylic acids is 1. The molecule has 0 radical (unpaired) electrons. The van der Waals surface area contributed by atoms with Crippen LogP contribution in [0.3, 0.4) is 0 Å². The highest BCUT2D eigenvalue weighted by atomic mass is 16.5. The van der Waals surface area contributed by atoms with Gasteiger partial charge in [-0.25, -0.2) is 4.79 Å². The van der Waals surface area contributed by atoms with Gasteiger partial charge in [0.1, 0.15) is 0 Å². The highest BCUT2D eigenvalue weighted by Gasteiger charge is 2.08. The van der Waals surface area contributed by atoms with Crippen LogP contribution in [0.2, 0.25) is 0 Å². The molecule has 0 saturated heterocycles. The van der Waals surface area contributed by atoms with Crippen LogP contribution in [0.4, 0.5) is 0 Å². The molecule has 0 saturated carbocycles. The van der Waals surface area contributed by atoms with E-state index >= 15 is 0 Å². The van der Waals surface area contributed by atoms with E-state index < -0.39 is 0 Å². The van der Waals surface area contributed by atoms with Crippen molar-refractivity contribution in [2.75, 3.05) is 7.11 Å². The van der Waals surface area contributed by atoms with Gasteiger partial charge in [-0.2, -0.15) is 0 Å². The highest BCUT2D eigenvalue weighted by Crippen LogP contribution is 2.19. The van der Waals surface area contributed by atoms with Crippen molar-refractivity contribution in [3.05, 3.63) is 77.9 Å².